The van der Waals surface area contributed by atoms with Gasteiger partial charge < -0.3 is 15.2 Å². The average molecular weight is 306 g/mol. The maximum atomic E-state index is 11.8. The Balaban J connectivity index is 1.49. The van der Waals surface area contributed by atoms with E-state index in [1.165, 1.54) is 0 Å². The fraction of sp³-hybridized carbons (Fsp3) is 0.467. The number of para-hydroxylation sites is 1. The van der Waals surface area contributed by atoms with Crippen molar-refractivity contribution < 1.29 is 14.6 Å². The first-order chi connectivity index (χ1) is 10.1. The molecule has 2 heterocycles. The van der Waals surface area contributed by atoms with Crippen LogP contribution >= 0.6 is 11.3 Å². The van der Waals surface area contributed by atoms with Crippen LogP contribution in [0.4, 0.5) is 0 Å². The number of hydrogen-bond acceptors (Lipinski definition) is 5. The molecule has 0 bridgehead atoms. The molecule has 0 radical (unpaired) electrons. The van der Waals surface area contributed by atoms with Crippen molar-refractivity contribution in [2.24, 2.45) is 0 Å². The number of aliphatic hydroxyl groups is 1. The number of nitrogens with one attached hydrogen (secondary N) is 1. The normalized spacial score (nSPS) is 21.8. The highest BCUT2D eigenvalue weighted by Crippen LogP contribution is 2.22. The number of aryl methyl sites for hydroxylation is 1. The van der Waals surface area contributed by atoms with Gasteiger partial charge in [0.05, 0.1) is 21.8 Å². The summed E-state index contributed by atoms with van der Waals surface area (Å²) in [7, 11) is 0. The van der Waals surface area contributed by atoms with Crippen LogP contribution in [0.3, 0.4) is 0 Å². The molecule has 3 rings (SSSR count). The molecular weight excluding hydrogens is 288 g/mol. The van der Waals surface area contributed by atoms with Gasteiger partial charge in [-0.2, -0.15) is 0 Å². The van der Waals surface area contributed by atoms with Gasteiger partial charge in [-0.05, 0) is 12.1 Å². The smallest absolute Gasteiger partial charge is 0.220 e. The lowest BCUT2D eigenvalue weighted by Gasteiger charge is -2.20. The summed E-state index contributed by atoms with van der Waals surface area (Å²) in [5.41, 5.74) is 0.0845. The van der Waals surface area contributed by atoms with Crippen LogP contribution in [0.2, 0.25) is 0 Å². The summed E-state index contributed by atoms with van der Waals surface area (Å²) in [6, 6.07) is 7.96. The lowest BCUT2D eigenvalue weighted by Crippen LogP contribution is -2.43. The van der Waals surface area contributed by atoms with E-state index in [4.69, 9.17) is 4.74 Å². The van der Waals surface area contributed by atoms with Crippen molar-refractivity contribution in [3.8, 4) is 0 Å². The summed E-state index contributed by atoms with van der Waals surface area (Å²) in [4.78, 5) is 16.3. The second-order valence-corrected chi connectivity index (χ2v) is 6.49. The highest BCUT2D eigenvalue weighted by molar-refractivity contribution is 7.18. The Bertz CT molecular complexity index is 602. The summed E-state index contributed by atoms with van der Waals surface area (Å²) in [5.74, 6) is -0.0606. The van der Waals surface area contributed by atoms with Gasteiger partial charge in [-0.25, -0.2) is 4.98 Å². The molecule has 21 heavy (non-hydrogen) atoms. The summed E-state index contributed by atoms with van der Waals surface area (Å²) >= 11 is 1.62. The van der Waals surface area contributed by atoms with Gasteiger partial charge in [0.2, 0.25) is 5.91 Å². The Hall–Kier alpha value is -1.50. The highest BCUT2D eigenvalue weighted by Gasteiger charge is 2.32. The zero-order valence-corrected chi connectivity index (χ0v) is 12.5. The molecule has 0 saturated carbocycles. The number of ether oxygens (including phenoxy) is 1. The molecule has 1 unspecified atom stereocenters. The van der Waals surface area contributed by atoms with E-state index in [9.17, 15) is 9.90 Å². The molecule has 1 aromatic carbocycles. The number of nitrogens with zero attached hydrogens (tertiary/aromatic N) is 1. The maximum Gasteiger partial charge on any atom is 0.220 e. The maximum absolute atomic E-state index is 11.8. The molecule has 1 aromatic heterocycles. The van der Waals surface area contributed by atoms with Gasteiger partial charge in [0, 0.05) is 32.4 Å². The molecule has 2 N–H and O–H groups in total. The Morgan fingerprint density at radius 1 is 1.48 bits per heavy atom. The molecule has 112 valence electrons. The van der Waals surface area contributed by atoms with E-state index in [0.29, 0.717) is 32.5 Å². The lowest BCUT2D eigenvalue weighted by molar-refractivity contribution is -0.122. The van der Waals surface area contributed by atoms with E-state index in [-0.39, 0.29) is 12.5 Å². The van der Waals surface area contributed by atoms with E-state index in [1.54, 1.807) is 11.3 Å². The van der Waals surface area contributed by atoms with Gasteiger partial charge in [0.1, 0.15) is 5.60 Å². The molecule has 0 spiro atoms. The number of carbonyl (C=O) groups excluding carboxylic acids is 1. The van der Waals surface area contributed by atoms with Crippen LogP contribution in [0.1, 0.15) is 17.8 Å². The zero-order valence-electron chi connectivity index (χ0n) is 11.7. The van der Waals surface area contributed by atoms with E-state index in [1.807, 2.05) is 24.3 Å². The number of thiazole rings is 1. The second-order valence-electron chi connectivity index (χ2n) is 5.38. The summed E-state index contributed by atoms with van der Waals surface area (Å²) in [6.45, 7) is 1.11. The third kappa shape index (κ3) is 3.58. The number of rotatable bonds is 5. The average Bonchev–Trinajstić information content (AvgIpc) is 3.09. The van der Waals surface area contributed by atoms with Crippen molar-refractivity contribution in [2.75, 3.05) is 19.8 Å². The van der Waals surface area contributed by atoms with Crippen LogP contribution < -0.4 is 5.32 Å². The molecule has 1 fully saturated rings. The molecule has 6 heteroatoms. The molecule has 0 aliphatic carbocycles. The zero-order chi connectivity index (χ0) is 14.7. The quantitative estimate of drug-likeness (QED) is 0.878. The van der Waals surface area contributed by atoms with Crippen molar-refractivity contribution in [1.82, 2.24) is 10.3 Å². The minimum Gasteiger partial charge on any atom is -0.386 e. The van der Waals surface area contributed by atoms with Crippen LogP contribution in [0, 0.1) is 0 Å². The third-order valence-corrected chi connectivity index (χ3v) is 4.70. The monoisotopic (exact) mass is 306 g/mol. The van der Waals surface area contributed by atoms with E-state index >= 15 is 0 Å². The van der Waals surface area contributed by atoms with Crippen molar-refractivity contribution in [3.63, 3.8) is 0 Å². The van der Waals surface area contributed by atoms with Crippen LogP contribution in [-0.2, 0) is 16.0 Å². The van der Waals surface area contributed by atoms with Crippen LogP contribution in [-0.4, -0.2) is 41.4 Å². The standard InChI is InChI=1S/C15H18N2O3S/c18-13(16-9-15(19)7-8-20-10-15)5-6-14-17-11-3-1-2-4-12(11)21-14/h1-4,19H,5-10H2,(H,16,18). The van der Waals surface area contributed by atoms with E-state index in [0.717, 1.165) is 15.2 Å². The number of fused-ring (bicyclic) bond motifs is 1. The molecule has 2 aromatic rings. The fourth-order valence-corrected chi connectivity index (χ4v) is 3.30. The van der Waals surface area contributed by atoms with Crippen LogP contribution in [0.25, 0.3) is 10.2 Å². The van der Waals surface area contributed by atoms with Crippen molar-refractivity contribution in [2.45, 2.75) is 24.9 Å². The molecule has 1 saturated heterocycles. The topological polar surface area (TPSA) is 71.5 Å². The molecular formula is C15H18N2O3S. The molecule has 1 aliphatic rings. The minimum absolute atomic E-state index is 0.0606. The first kappa shape index (κ1) is 14.4. The second kappa shape index (κ2) is 6.09. The largest absolute Gasteiger partial charge is 0.386 e. The van der Waals surface area contributed by atoms with Gasteiger partial charge in [-0.15, -0.1) is 11.3 Å². The van der Waals surface area contributed by atoms with E-state index < -0.39 is 5.60 Å². The number of benzene rings is 1. The molecule has 1 atom stereocenters. The summed E-state index contributed by atoms with van der Waals surface area (Å²) in [6.07, 6.45) is 1.59. The van der Waals surface area contributed by atoms with Crippen molar-refractivity contribution >= 4 is 27.5 Å². The van der Waals surface area contributed by atoms with Gasteiger partial charge in [-0.3, -0.25) is 4.79 Å². The Kier molecular flexibility index (Phi) is 4.19. The predicted octanol–water partition coefficient (Wildman–Crippen LogP) is 1.50. The highest BCUT2D eigenvalue weighted by atomic mass is 32.1. The molecule has 5 nitrogen and oxygen atoms in total. The number of carbonyl (C=O) groups is 1. The first-order valence-electron chi connectivity index (χ1n) is 7.06. The molecule has 1 aliphatic heterocycles. The Morgan fingerprint density at radius 3 is 3.10 bits per heavy atom. The number of aromatic nitrogens is 1. The van der Waals surface area contributed by atoms with Gasteiger partial charge >= 0.3 is 0 Å². The number of hydrogen-bond donors (Lipinski definition) is 2. The van der Waals surface area contributed by atoms with Crippen LogP contribution in [0.5, 0.6) is 0 Å². The van der Waals surface area contributed by atoms with Gasteiger partial charge in [-0.1, -0.05) is 12.1 Å². The third-order valence-electron chi connectivity index (χ3n) is 3.60. The Morgan fingerprint density at radius 2 is 2.33 bits per heavy atom. The van der Waals surface area contributed by atoms with Crippen molar-refractivity contribution in [1.29, 1.82) is 0 Å². The summed E-state index contributed by atoms with van der Waals surface area (Å²) < 4.78 is 6.29. The first-order valence-corrected chi connectivity index (χ1v) is 7.88. The number of amides is 1. The Labute approximate surface area is 127 Å². The minimum atomic E-state index is -0.897. The van der Waals surface area contributed by atoms with Gasteiger partial charge in [0.25, 0.3) is 0 Å². The predicted molar refractivity (Wildman–Crippen MR) is 81.3 cm³/mol. The lowest BCUT2D eigenvalue weighted by atomic mass is 10.0. The van der Waals surface area contributed by atoms with Gasteiger partial charge in [0.15, 0.2) is 0 Å². The van der Waals surface area contributed by atoms with Crippen LogP contribution in [0.15, 0.2) is 24.3 Å². The molecule has 1 amide bonds. The SMILES string of the molecule is O=C(CCc1nc2ccccc2s1)NCC1(O)CCOC1. The summed E-state index contributed by atoms with van der Waals surface area (Å²) in [5, 5.41) is 13.8. The van der Waals surface area contributed by atoms with Crippen molar-refractivity contribution in [3.05, 3.63) is 29.3 Å². The fourth-order valence-electron chi connectivity index (χ4n) is 2.33. The van der Waals surface area contributed by atoms with E-state index in [2.05, 4.69) is 10.3 Å².